The number of para-hydroxylation sites is 1. The van der Waals surface area contributed by atoms with Gasteiger partial charge in [-0.3, -0.25) is 0 Å². The molecule has 46 heavy (non-hydrogen) atoms. The Kier molecular flexibility index (Phi) is 14.9. The van der Waals surface area contributed by atoms with Crippen molar-refractivity contribution in [3.63, 3.8) is 0 Å². The van der Waals surface area contributed by atoms with Gasteiger partial charge >= 0.3 is 0 Å². The Morgan fingerprint density at radius 3 is 2.15 bits per heavy atom. The smallest absolute Gasteiger partial charge is 0.0466 e. The monoisotopic (exact) mass is 602 g/mol. The summed E-state index contributed by atoms with van der Waals surface area (Å²) in [4.78, 5) is 0. The van der Waals surface area contributed by atoms with E-state index in [0.717, 1.165) is 35.4 Å². The first-order chi connectivity index (χ1) is 22.5. The highest BCUT2D eigenvalue weighted by atomic mass is 14.9. The molecule has 2 heteroatoms. The van der Waals surface area contributed by atoms with Gasteiger partial charge in [0.05, 0.1) is 0 Å². The summed E-state index contributed by atoms with van der Waals surface area (Å²) in [6, 6.07) is 32.3. The van der Waals surface area contributed by atoms with E-state index < -0.39 is 0 Å². The molecule has 0 aromatic heterocycles. The highest BCUT2D eigenvalue weighted by molar-refractivity contribution is 5.86. The first kappa shape index (κ1) is 34.9. The molecule has 0 bridgehead atoms. The average Bonchev–Trinajstić information content (AvgIpc) is 3.08. The van der Waals surface area contributed by atoms with Crippen molar-refractivity contribution in [3.05, 3.63) is 206 Å². The van der Waals surface area contributed by atoms with Crippen molar-refractivity contribution in [2.75, 3.05) is 5.32 Å². The van der Waals surface area contributed by atoms with Crippen LogP contribution in [0.15, 0.2) is 178 Å². The van der Waals surface area contributed by atoms with E-state index in [1.54, 1.807) is 12.2 Å². The zero-order valence-electron chi connectivity index (χ0n) is 27.2. The lowest BCUT2D eigenvalue weighted by Crippen LogP contribution is -1.97. The van der Waals surface area contributed by atoms with Crippen molar-refractivity contribution in [3.8, 4) is 11.1 Å². The Morgan fingerprint density at radius 2 is 1.46 bits per heavy atom. The number of rotatable bonds is 13. The van der Waals surface area contributed by atoms with Crippen molar-refractivity contribution in [1.82, 2.24) is 0 Å². The summed E-state index contributed by atoms with van der Waals surface area (Å²) in [6.45, 7) is 15.8. The maximum Gasteiger partial charge on any atom is 0.0466 e. The van der Waals surface area contributed by atoms with Gasteiger partial charge in [-0.05, 0) is 102 Å². The molecule has 0 aliphatic carbocycles. The van der Waals surface area contributed by atoms with Crippen LogP contribution in [0.2, 0.25) is 0 Å². The molecule has 0 saturated heterocycles. The fourth-order valence-electron chi connectivity index (χ4n) is 4.71. The van der Waals surface area contributed by atoms with Crippen LogP contribution in [-0.2, 0) is 12.8 Å². The minimum atomic E-state index is 0.869. The Hall–Kier alpha value is -5.60. The van der Waals surface area contributed by atoms with Crippen molar-refractivity contribution in [1.29, 1.82) is 0 Å². The molecule has 0 atom stereocenters. The molecule has 4 aromatic rings. The normalized spacial score (nSPS) is 11.3. The van der Waals surface area contributed by atoms with E-state index in [1.165, 1.54) is 39.6 Å². The van der Waals surface area contributed by atoms with Crippen LogP contribution >= 0.6 is 0 Å². The van der Waals surface area contributed by atoms with Crippen LogP contribution in [0.3, 0.4) is 0 Å². The number of anilines is 2. The first-order valence-corrected chi connectivity index (χ1v) is 15.6. The molecule has 0 aliphatic rings. The second-order valence-electron chi connectivity index (χ2n) is 10.6. The number of hydrogen-bond acceptors (Lipinski definition) is 2. The van der Waals surface area contributed by atoms with Crippen LogP contribution in [0.5, 0.6) is 0 Å². The van der Waals surface area contributed by atoms with Gasteiger partial charge in [0.25, 0.3) is 0 Å². The van der Waals surface area contributed by atoms with Crippen LogP contribution in [0.25, 0.3) is 22.8 Å². The summed E-state index contributed by atoms with van der Waals surface area (Å²) in [5.74, 6) is 0. The first-order valence-electron chi connectivity index (χ1n) is 15.6. The molecule has 4 rings (SSSR count). The number of benzene rings is 4. The highest BCUT2D eigenvalue weighted by Crippen LogP contribution is 2.30. The molecule has 0 aliphatic heterocycles. The summed E-state index contributed by atoms with van der Waals surface area (Å²) >= 11 is 0. The minimum absolute atomic E-state index is 0.869. The molecule has 0 fully saturated rings. The summed E-state index contributed by atoms with van der Waals surface area (Å²) in [5, 5.41) is 3.62. The number of allylic oxidation sites excluding steroid dienone is 11. The molecule has 4 aromatic carbocycles. The Morgan fingerprint density at radius 1 is 0.739 bits per heavy atom. The minimum Gasteiger partial charge on any atom is -0.405 e. The zero-order valence-corrected chi connectivity index (χ0v) is 27.2. The second kappa shape index (κ2) is 19.6. The zero-order chi connectivity index (χ0) is 33.0. The third-order valence-corrected chi connectivity index (χ3v) is 7.15. The standard InChI is InChI=1S/C40H39N.C4H7N/c1-5-7-9-12-17-34-24-27-39(40(29-34)41-38-20-13-10-14-21-38)32(4)23-25-35-30-37(26-22-31(35)3)36-19-15-18-33(28-36)16-11-8-6-2;1-2-3-4-5/h5-15,18-30,41H,2,4,16-17H2,1,3H3;2-4H,1,5H2/b7-5+,11-8-,12-9-,25-23-;4-3-. The molecule has 0 spiro atoms. The van der Waals surface area contributed by atoms with Crippen LogP contribution in [0.1, 0.15) is 34.7 Å². The van der Waals surface area contributed by atoms with E-state index in [2.05, 4.69) is 141 Å². The second-order valence-corrected chi connectivity index (χ2v) is 10.6. The molecule has 2 nitrogen and oxygen atoms in total. The van der Waals surface area contributed by atoms with Gasteiger partial charge in [-0.1, -0.05) is 147 Å². The van der Waals surface area contributed by atoms with Gasteiger partial charge in [-0.15, -0.1) is 0 Å². The summed E-state index contributed by atoms with van der Waals surface area (Å²) in [5.41, 5.74) is 16.4. The van der Waals surface area contributed by atoms with E-state index in [0.29, 0.717) is 0 Å². The molecule has 0 radical (unpaired) electrons. The predicted octanol–water partition coefficient (Wildman–Crippen LogP) is 11.7. The van der Waals surface area contributed by atoms with Crippen molar-refractivity contribution >= 4 is 23.0 Å². The largest absolute Gasteiger partial charge is 0.405 e. The van der Waals surface area contributed by atoms with Gasteiger partial charge < -0.3 is 11.1 Å². The molecule has 232 valence electrons. The molecule has 0 saturated carbocycles. The highest BCUT2D eigenvalue weighted by Gasteiger charge is 2.08. The number of nitrogens with one attached hydrogen (secondary N) is 1. The number of hydrogen-bond donors (Lipinski definition) is 2. The summed E-state index contributed by atoms with van der Waals surface area (Å²) < 4.78 is 0. The maximum absolute atomic E-state index is 4.89. The van der Waals surface area contributed by atoms with Crippen LogP contribution < -0.4 is 11.1 Å². The Bertz CT molecular complexity index is 1730. The third-order valence-electron chi connectivity index (χ3n) is 7.15. The molecule has 0 unspecified atom stereocenters. The summed E-state index contributed by atoms with van der Waals surface area (Å²) in [7, 11) is 0. The van der Waals surface area contributed by atoms with E-state index in [-0.39, 0.29) is 0 Å². The van der Waals surface area contributed by atoms with Crippen molar-refractivity contribution in [2.45, 2.75) is 26.7 Å². The van der Waals surface area contributed by atoms with Crippen LogP contribution in [-0.4, -0.2) is 0 Å². The Balaban J connectivity index is 0.00000107. The third kappa shape index (κ3) is 11.5. The van der Waals surface area contributed by atoms with Crippen LogP contribution in [0, 0.1) is 6.92 Å². The Labute approximate surface area is 276 Å². The van der Waals surface area contributed by atoms with Gasteiger partial charge in [0.15, 0.2) is 0 Å². The lowest BCUT2D eigenvalue weighted by molar-refractivity contribution is 1.26. The lowest BCUT2D eigenvalue weighted by atomic mass is 9.96. The fourth-order valence-corrected chi connectivity index (χ4v) is 4.71. The quantitative estimate of drug-likeness (QED) is 0.149. The molecular formula is C44H46N2. The number of nitrogens with two attached hydrogens (primary N) is 1. The van der Waals surface area contributed by atoms with Gasteiger partial charge in [0.2, 0.25) is 0 Å². The number of aryl methyl sites for hydroxylation is 1. The van der Waals surface area contributed by atoms with E-state index in [9.17, 15) is 0 Å². The molecule has 0 amide bonds. The van der Waals surface area contributed by atoms with Gasteiger partial charge in [0, 0.05) is 16.9 Å². The molecule has 0 heterocycles. The fraction of sp³-hybridized carbons (Fsp3) is 0.0909. The molecular weight excluding hydrogens is 556 g/mol. The van der Waals surface area contributed by atoms with Crippen LogP contribution in [0.4, 0.5) is 11.4 Å². The topological polar surface area (TPSA) is 38.0 Å². The van der Waals surface area contributed by atoms with Gasteiger partial charge in [-0.25, -0.2) is 0 Å². The van der Waals surface area contributed by atoms with E-state index >= 15 is 0 Å². The maximum atomic E-state index is 4.89. The summed E-state index contributed by atoms with van der Waals surface area (Å²) in [6.07, 6.45) is 25.1. The predicted molar refractivity (Wildman–Crippen MR) is 205 cm³/mol. The van der Waals surface area contributed by atoms with E-state index in [1.807, 2.05) is 43.4 Å². The SMILES string of the molecule is C=C/C=C\Cc1cccc(-c2ccc(C)c(/C=C\C(=C)c3ccc(C/C=C\C=C\C)cc3Nc3ccccc3)c2)c1.C=C/C=C\N. The lowest BCUT2D eigenvalue weighted by Gasteiger charge is -2.14. The molecule has 3 N–H and O–H groups in total. The average molecular weight is 603 g/mol. The van der Waals surface area contributed by atoms with Crippen molar-refractivity contribution in [2.24, 2.45) is 5.73 Å². The van der Waals surface area contributed by atoms with Gasteiger partial charge in [-0.2, -0.15) is 0 Å². The van der Waals surface area contributed by atoms with E-state index in [4.69, 9.17) is 5.73 Å². The van der Waals surface area contributed by atoms with Gasteiger partial charge in [0.1, 0.15) is 0 Å². The van der Waals surface area contributed by atoms with Crippen molar-refractivity contribution < 1.29 is 0 Å².